The maximum absolute atomic E-state index is 6.51. The Morgan fingerprint density at radius 3 is 2.68 bits per heavy atom. The first-order valence-corrected chi connectivity index (χ1v) is 10.5. The van der Waals surface area contributed by atoms with Crippen LogP contribution in [0.3, 0.4) is 0 Å². The van der Waals surface area contributed by atoms with Gasteiger partial charge in [-0.15, -0.1) is 0 Å². The quantitative estimate of drug-likeness (QED) is 0.571. The largest absolute Gasteiger partial charge is 0.256 e. The molecule has 96 valence electrons. The van der Waals surface area contributed by atoms with Crippen LogP contribution < -0.4 is 0 Å². The fraction of sp³-hybridized carbons (Fsp3) is 0.188. The molecule has 1 nitrogen and oxygen atoms in total. The van der Waals surface area contributed by atoms with Gasteiger partial charge in [-0.25, -0.2) is 0 Å². The summed E-state index contributed by atoms with van der Waals surface area (Å²) in [5, 5.41) is 2.50. The van der Waals surface area contributed by atoms with E-state index in [4.69, 9.17) is 11.1 Å². The van der Waals surface area contributed by atoms with Crippen LogP contribution in [-0.2, 0) is 0 Å². The summed E-state index contributed by atoms with van der Waals surface area (Å²) in [7, 11) is -1.74. The summed E-state index contributed by atoms with van der Waals surface area (Å²) in [5.41, 5.74) is 2.35. The van der Waals surface area contributed by atoms with Gasteiger partial charge in [0.2, 0.25) is 0 Å². The molecule has 0 amide bonds. The maximum Gasteiger partial charge on any atom is 0.180 e. The number of fused-ring (bicyclic) bond motifs is 1. The third-order valence-electron chi connectivity index (χ3n) is 3.55. The lowest BCUT2D eigenvalue weighted by Gasteiger charge is -2.13. The molecular formula is C16H16ClNSi. The van der Waals surface area contributed by atoms with E-state index in [1.165, 1.54) is 16.1 Å². The van der Waals surface area contributed by atoms with E-state index in [1.807, 2.05) is 12.3 Å². The molecule has 1 atom stereocenters. The molecule has 0 fully saturated rings. The maximum atomic E-state index is 6.51. The number of pyridine rings is 1. The van der Waals surface area contributed by atoms with Gasteiger partial charge in [0.25, 0.3) is 0 Å². The minimum Gasteiger partial charge on any atom is -0.256 e. The van der Waals surface area contributed by atoms with E-state index in [0.29, 0.717) is 5.92 Å². The Balaban J connectivity index is 2.08. The SMILES string of the molecule is C[Si](C)(Cl)C1=CC(c2cccc3cccnc23)C=C1. The summed E-state index contributed by atoms with van der Waals surface area (Å²) in [5.74, 6) is 0.305. The van der Waals surface area contributed by atoms with Gasteiger partial charge in [0.1, 0.15) is 0 Å². The van der Waals surface area contributed by atoms with E-state index in [-0.39, 0.29) is 0 Å². The lowest BCUT2D eigenvalue weighted by Crippen LogP contribution is -2.18. The number of hydrogen-bond donors (Lipinski definition) is 0. The minimum atomic E-state index is -1.74. The average molecular weight is 286 g/mol. The van der Waals surface area contributed by atoms with Crippen molar-refractivity contribution in [3.05, 3.63) is 65.5 Å². The summed E-state index contributed by atoms with van der Waals surface area (Å²) in [6.07, 6.45) is 8.57. The van der Waals surface area contributed by atoms with Crippen LogP contribution >= 0.6 is 11.1 Å². The highest BCUT2D eigenvalue weighted by molar-refractivity contribution is 7.23. The zero-order valence-corrected chi connectivity index (χ0v) is 12.9. The molecule has 0 aliphatic heterocycles. The Labute approximate surface area is 119 Å². The van der Waals surface area contributed by atoms with Gasteiger partial charge in [-0.3, -0.25) is 4.98 Å². The molecule has 0 spiro atoms. The molecule has 1 aliphatic carbocycles. The average Bonchev–Trinajstić information content (AvgIpc) is 2.87. The van der Waals surface area contributed by atoms with Crippen molar-refractivity contribution in [2.24, 2.45) is 0 Å². The molecule has 3 heteroatoms. The topological polar surface area (TPSA) is 12.9 Å². The standard InChI is InChI=1S/C16H16ClNSi/c1-19(2,17)14-9-8-13(11-14)15-7-3-5-12-6-4-10-18-16(12)15/h3-11,13H,1-2H3. The molecule has 2 aromatic rings. The first-order valence-electron chi connectivity index (χ1n) is 6.49. The molecule has 1 aliphatic rings. The predicted octanol–water partition coefficient (Wildman–Crippen LogP) is 4.80. The number of halogens is 1. The summed E-state index contributed by atoms with van der Waals surface area (Å²) in [4.78, 5) is 4.53. The zero-order chi connectivity index (χ0) is 13.5. The summed E-state index contributed by atoms with van der Waals surface area (Å²) < 4.78 is 0. The van der Waals surface area contributed by atoms with E-state index in [0.717, 1.165) is 5.52 Å². The fourth-order valence-corrected chi connectivity index (χ4v) is 3.94. The van der Waals surface area contributed by atoms with Gasteiger partial charge in [0.05, 0.1) is 5.52 Å². The van der Waals surface area contributed by atoms with Crippen molar-refractivity contribution >= 4 is 29.4 Å². The molecule has 1 unspecified atom stereocenters. The zero-order valence-electron chi connectivity index (χ0n) is 11.1. The van der Waals surface area contributed by atoms with Gasteiger partial charge in [-0.1, -0.05) is 55.6 Å². The Morgan fingerprint density at radius 1 is 1.16 bits per heavy atom. The molecule has 0 saturated heterocycles. The van der Waals surface area contributed by atoms with Gasteiger partial charge < -0.3 is 0 Å². The lowest BCUT2D eigenvalue weighted by molar-refractivity contribution is 1.11. The van der Waals surface area contributed by atoms with Gasteiger partial charge >= 0.3 is 0 Å². The lowest BCUT2D eigenvalue weighted by atomic mass is 9.98. The molecule has 1 aromatic carbocycles. The highest BCUT2D eigenvalue weighted by Gasteiger charge is 2.26. The van der Waals surface area contributed by atoms with Gasteiger partial charge in [0, 0.05) is 17.5 Å². The number of aromatic nitrogens is 1. The van der Waals surface area contributed by atoms with E-state index in [1.54, 1.807) is 0 Å². The van der Waals surface area contributed by atoms with Crippen LogP contribution in [0, 0.1) is 0 Å². The van der Waals surface area contributed by atoms with Crippen LogP contribution in [0.5, 0.6) is 0 Å². The van der Waals surface area contributed by atoms with E-state index in [2.05, 4.69) is 60.6 Å². The van der Waals surface area contributed by atoms with Crippen molar-refractivity contribution in [2.75, 3.05) is 0 Å². The Morgan fingerprint density at radius 2 is 1.95 bits per heavy atom. The molecule has 1 aromatic heterocycles. The normalized spacial score (nSPS) is 18.9. The Bertz CT molecular complexity index is 677. The highest BCUT2D eigenvalue weighted by atomic mass is 35.6. The predicted molar refractivity (Wildman–Crippen MR) is 85.0 cm³/mol. The molecule has 1 heterocycles. The monoisotopic (exact) mass is 285 g/mol. The molecule has 0 N–H and O–H groups in total. The van der Waals surface area contributed by atoms with E-state index in [9.17, 15) is 0 Å². The van der Waals surface area contributed by atoms with E-state index >= 15 is 0 Å². The highest BCUT2D eigenvalue weighted by Crippen LogP contribution is 2.34. The van der Waals surface area contributed by atoms with Crippen molar-refractivity contribution < 1.29 is 0 Å². The molecule has 0 bridgehead atoms. The molecule has 0 radical (unpaired) electrons. The van der Waals surface area contributed by atoms with Gasteiger partial charge in [0.15, 0.2) is 7.38 Å². The minimum absolute atomic E-state index is 0.305. The third kappa shape index (κ3) is 2.38. The smallest absolute Gasteiger partial charge is 0.180 e. The second-order valence-corrected chi connectivity index (χ2v) is 11.8. The summed E-state index contributed by atoms with van der Waals surface area (Å²) in [6.45, 7) is 4.32. The summed E-state index contributed by atoms with van der Waals surface area (Å²) in [6, 6.07) is 10.5. The number of para-hydroxylation sites is 1. The molecule has 19 heavy (non-hydrogen) atoms. The molecular weight excluding hydrogens is 270 g/mol. The first-order chi connectivity index (χ1) is 9.05. The van der Waals surface area contributed by atoms with E-state index < -0.39 is 7.38 Å². The van der Waals surface area contributed by atoms with Gasteiger partial charge in [-0.2, -0.15) is 11.1 Å². The van der Waals surface area contributed by atoms with Crippen molar-refractivity contribution in [2.45, 2.75) is 19.0 Å². The van der Waals surface area contributed by atoms with Crippen LogP contribution in [-0.4, -0.2) is 12.4 Å². The summed E-state index contributed by atoms with van der Waals surface area (Å²) >= 11 is 6.51. The van der Waals surface area contributed by atoms with Crippen LogP contribution in [0.25, 0.3) is 10.9 Å². The first kappa shape index (κ1) is 12.6. The fourth-order valence-electron chi connectivity index (χ4n) is 2.50. The number of allylic oxidation sites excluding steroid dienone is 4. The van der Waals surface area contributed by atoms with Crippen molar-refractivity contribution in [1.29, 1.82) is 0 Å². The number of benzene rings is 1. The van der Waals surface area contributed by atoms with Crippen molar-refractivity contribution in [3.8, 4) is 0 Å². The Kier molecular flexibility index (Phi) is 3.07. The molecule has 3 rings (SSSR count). The van der Waals surface area contributed by atoms with Crippen LogP contribution in [0.4, 0.5) is 0 Å². The van der Waals surface area contributed by atoms with Crippen LogP contribution in [0.15, 0.2) is 60.0 Å². The number of rotatable bonds is 2. The van der Waals surface area contributed by atoms with Gasteiger partial charge in [-0.05, 0) is 16.8 Å². The Hall–Kier alpha value is -1.38. The third-order valence-corrected chi connectivity index (χ3v) is 5.91. The van der Waals surface area contributed by atoms with Crippen LogP contribution in [0.1, 0.15) is 11.5 Å². The number of hydrogen-bond acceptors (Lipinski definition) is 1. The number of nitrogens with zero attached hydrogens (tertiary/aromatic N) is 1. The van der Waals surface area contributed by atoms with Crippen molar-refractivity contribution in [3.63, 3.8) is 0 Å². The molecule has 0 saturated carbocycles. The van der Waals surface area contributed by atoms with Crippen LogP contribution in [0.2, 0.25) is 13.1 Å². The second-order valence-electron chi connectivity index (χ2n) is 5.40. The van der Waals surface area contributed by atoms with Crippen molar-refractivity contribution in [1.82, 2.24) is 4.98 Å². The second kappa shape index (κ2) is 4.62.